The lowest BCUT2D eigenvalue weighted by Crippen LogP contribution is -2.12. The molecule has 0 saturated carbocycles. The zero-order valence-corrected chi connectivity index (χ0v) is 15.4. The van der Waals surface area contributed by atoms with Crippen molar-refractivity contribution in [2.24, 2.45) is 0 Å². The van der Waals surface area contributed by atoms with Gasteiger partial charge in [-0.15, -0.1) is 0 Å². The Labute approximate surface area is 162 Å². The van der Waals surface area contributed by atoms with Crippen LogP contribution in [-0.4, -0.2) is 18.1 Å². The monoisotopic (exact) mass is 379 g/mol. The molecule has 0 heterocycles. The van der Waals surface area contributed by atoms with Crippen LogP contribution in [0.4, 0.5) is 5.69 Å². The summed E-state index contributed by atoms with van der Waals surface area (Å²) >= 11 is 5.85. The number of hydrogen-bond acceptors (Lipinski definition) is 3. The molecule has 1 amide bonds. The van der Waals surface area contributed by atoms with E-state index in [-0.39, 0.29) is 11.3 Å². The number of phenols is 1. The fourth-order valence-corrected chi connectivity index (χ4v) is 2.64. The number of benzene rings is 3. The average Bonchev–Trinajstić information content (AvgIpc) is 2.69. The molecular weight excluding hydrogens is 362 g/mol. The van der Waals surface area contributed by atoms with E-state index in [0.29, 0.717) is 16.3 Å². The number of para-hydroxylation sites is 1. The van der Waals surface area contributed by atoms with Gasteiger partial charge >= 0.3 is 0 Å². The number of carbonyl (C=O) groups excluding carboxylic acids is 1. The van der Waals surface area contributed by atoms with Gasteiger partial charge in [0.05, 0.1) is 12.7 Å². The minimum atomic E-state index is -0.394. The number of hydrogen-bond donors (Lipinski definition) is 2. The second-order valence-electron chi connectivity index (χ2n) is 5.81. The van der Waals surface area contributed by atoms with Crippen molar-refractivity contribution in [3.8, 4) is 11.5 Å². The van der Waals surface area contributed by atoms with Crippen molar-refractivity contribution >= 4 is 35.3 Å². The number of amides is 1. The number of anilines is 1. The standard InChI is InChI=1S/C22H18ClNO3/c1-27-19-13-6-15(7-14-19)5-8-16-3-2-4-20(21(16)25)22(26)24-18-11-9-17(23)10-12-18/h2-14,25H,1H3,(H,24,26). The van der Waals surface area contributed by atoms with Gasteiger partial charge in [-0.3, -0.25) is 4.79 Å². The average molecular weight is 380 g/mol. The van der Waals surface area contributed by atoms with Crippen LogP contribution in [0.25, 0.3) is 12.2 Å². The van der Waals surface area contributed by atoms with Crippen LogP contribution in [-0.2, 0) is 0 Å². The number of phenolic OH excluding ortho intramolecular Hbond substituents is 1. The van der Waals surface area contributed by atoms with Crippen molar-refractivity contribution in [1.29, 1.82) is 0 Å². The van der Waals surface area contributed by atoms with Gasteiger partial charge in [-0.05, 0) is 48.0 Å². The molecule has 0 saturated heterocycles. The smallest absolute Gasteiger partial charge is 0.259 e. The Bertz CT molecular complexity index is 964. The number of aromatic hydroxyl groups is 1. The van der Waals surface area contributed by atoms with Crippen LogP contribution in [0.2, 0.25) is 5.02 Å². The number of halogens is 1. The Morgan fingerprint density at radius 2 is 1.70 bits per heavy atom. The molecule has 0 aliphatic carbocycles. The molecule has 0 radical (unpaired) electrons. The van der Waals surface area contributed by atoms with E-state index in [9.17, 15) is 9.90 Å². The van der Waals surface area contributed by atoms with Crippen LogP contribution >= 0.6 is 11.6 Å². The Kier molecular flexibility index (Phi) is 5.79. The van der Waals surface area contributed by atoms with E-state index in [2.05, 4.69) is 5.32 Å². The Morgan fingerprint density at radius 3 is 2.37 bits per heavy atom. The minimum absolute atomic E-state index is 0.0753. The van der Waals surface area contributed by atoms with Gasteiger partial charge in [-0.2, -0.15) is 0 Å². The first-order chi connectivity index (χ1) is 13.1. The molecule has 0 atom stereocenters. The summed E-state index contributed by atoms with van der Waals surface area (Å²) in [5.41, 5.74) is 2.30. The van der Waals surface area contributed by atoms with E-state index in [0.717, 1.165) is 11.3 Å². The van der Waals surface area contributed by atoms with Crippen molar-refractivity contribution in [3.63, 3.8) is 0 Å². The number of rotatable bonds is 5. The quantitative estimate of drug-likeness (QED) is 0.577. The normalized spacial score (nSPS) is 10.7. The molecule has 0 aliphatic rings. The number of carbonyl (C=O) groups is 1. The van der Waals surface area contributed by atoms with Crippen LogP contribution in [0, 0.1) is 0 Å². The summed E-state index contributed by atoms with van der Waals surface area (Å²) in [6.07, 6.45) is 3.62. The van der Waals surface area contributed by atoms with Crippen molar-refractivity contribution in [2.75, 3.05) is 12.4 Å². The van der Waals surface area contributed by atoms with E-state index >= 15 is 0 Å². The predicted octanol–water partition coefficient (Wildman–Crippen LogP) is 5.48. The van der Waals surface area contributed by atoms with Crippen LogP contribution in [0.3, 0.4) is 0 Å². The molecule has 27 heavy (non-hydrogen) atoms. The third-order valence-corrected chi connectivity index (χ3v) is 4.24. The van der Waals surface area contributed by atoms with Gasteiger partial charge in [-0.25, -0.2) is 0 Å². The molecule has 5 heteroatoms. The number of methoxy groups -OCH3 is 1. The molecule has 0 bridgehead atoms. The molecule has 3 aromatic carbocycles. The molecule has 0 aliphatic heterocycles. The van der Waals surface area contributed by atoms with Crippen LogP contribution in [0.1, 0.15) is 21.5 Å². The molecule has 0 aromatic heterocycles. The fraction of sp³-hybridized carbons (Fsp3) is 0.0455. The lowest BCUT2D eigenvalue weighted by atomic mass is 10.1. The number of ether oxygens (including phenoxy) is 1. The third-order valence-electron chi connectivity index (χ3n) is 3.99. The van der Waals surface area contributed by atoms with E-state index in [1.807, 2.05) is 30.3 Å². The van der Waals surface area contributed by atoms with Gasteiger partial charge in [0.25, 0.3) is 5.91 Å². The van der Waals surface area contributed by atoms with Crippen molar-refractivity contribution in [2.45, 2.75) is 0 Å². The second-order valence-corrected chi connectivity index (χ2v) is 6.25. The highest BCUT2D eigenvalue weighted by molar-refractivity contribution is 6.30. The molecule has 136 valence electrons. The molecule has 4 nitrogen and oxygen atoms in total. The molecular formula is C22H18ClNO3. The van der Waals surface area contributed by atoms with Crippen molar-refractivity contribution < 1.29 is 14.6 Å². The lowest BCUT2D eigenvalue weighted by molar-refractivity contribution is 0.102. The highest BCUT2D eigenvalue weighted by Gasteiger charge is 2.13. The van der Waals surface area contributed by atoms with E-state index in [1.54, 1.807) is 55.7 Å². The molecule has 3 aromatic rings. The maximum Gasteiger partial charge on any atom is 0.259 e. The summed E-state index contributed by atoms with van der Waals surface area (Å²) in [6.45, 7) is 0. The SMILES string of the molecule is COc1ccc(C=Cc2cccc(C(=O)Nc3ccc(Cl)cc3)c2O)cc1. The number of nitrogens with one attached hydrogen (secondary N) is 1. The van der Waals surface area contributed by atoms with Gasteiger partial charge in [0, 0.05) is 16.3 Å². The van der Waals surface area contributed by atoms with Gasteiger partial charge in [0.15, 0.2) is 0 Å². The van der Waals surface area contributed by atoms with Gasteiger partial charge in [-0.1, -0.05) is 48.0 Å². The van der Waals surface area contributed by atoms with Crippen LogP contribution in [0.5, 0.6) is 11.5 Å². The molecule has 0 unspecified atom stereocenters. The van der Waals surface area contributed by atoms with Crippen LogP contribution < -0.4 is 10.1 Å². The first-order valence-corrected chi connectivity index (χ1v) is 8.65. The third kappa shape index (κ3) is 4.68. The zero-order chi connectivity index (χ0) is 19.2. The first kappa shape index (κ1) is 18.5. The van der Waals surface area contributed by atoms with Crippen LogP contribution in [0.15, 0.2) is 66.7 Å². The Hall–Kier alpha value is -3.24. The van der Waals surface area contributed by atoms with E-state index in [4.69, 9.17) is 16.3 Å². The first-order valence-electron chi connectivity index (χ1n) is 8.28. The van der Waals surface area contributed by atoms with Gasteiger partial charge < -0.3 is 15.2 Å². The van der Waals surface area contributed by atoms with Crippen molar-refractivity contribution in [1.82, 2.24) is 0 Å². The summed E-state index contributed by atoms with van der Waals surface area (Å²) in [4.78, 5) is 12.5. The second kappa shape index (κ2) is 8.43. The molecule has 0 spiro atoms. The van der Waals surface area contributed by atoms with Gasteiger partial charge in [0.1, 0.15) is 11.5 Å². The van der Waals surface area contributed by atoms with Gasteiger partial charge in [0.2, 0.25) is 0 Å². The topological polar surface area (TPSA) is 58.6 Å². The fourth-order valence-electron chi connectivity index (χ4n) is 2.51. The van der Waals surface area contributed by atoms with E-state index in [1.165, 1.54) is 0 Å². The maximum atomic E-state index is 12.5. The largest absolute Gasteiger partial charge is 0.506 e. The molecule has 2 N–H and O–H groups in total. The molecule has 0 fully saturated rings. The maximum absolute atomic E-state index is 12.5. The Balaban J connectivity index is 1.79. The summed E-state index contributed by atoms with van der Waals surface area (Å²) < 4.78 is 5.13. The lowest BCUT2D eigenvalue weighted by Gasteiger charge is -2.09. The highest BCUT2D eigenvalue weighted by Crippen LogP contribution is 2.26. The summed E-state index contributed by atoms with van der Waals surface area (Å²) in [5.74, 6) is 0.305. The van der Waals surface area contributed by atoms with E-state index < -0.39 is 5.91 Å². The molecule has 3 rings (SSSR count). The summed E-state index contributed by atoms with van der Waals surface area (Å²) in [6, 6.07) is 19.3. The summed E-state index contributed by atoms with van der Waals surface area (Å²) in [5, 5.41) is 13.8. The highest BCUT2D eigenvalue weighted by atomic mass is 35.5. The summed E-state index contributed by atoms with van der Waals surface area (Å²) in [7, 11) is 1.61. The Morgan fingerprint density at radius 1 is 1.00 bits per heavy atom. The zero-order valence-electron chi connectivity index (χ0n) is 14.6. The predicted molar refractivity (Wildman–Crippen MR) is 109 cm³/mol. The minimum Gasteiger partial charge on any atom is -0.506 e. The van der Waals surface area contributed by atoms with Crippen molar-refractivity contribution in [3.05, 3.63) is 88.4 Å².